The van der Waals surface area contributed by atoms with Crippen molar-refractivity contribution in [3.63, 3.8) is 0 Å². The number of carbonyl (C=O) groups excluding carboxylic acids is 3. The van der Waals surface area contributed by atoms with Crippen LogP contribution < -0.4 is 20.7 Å². The lowest BCUT2D eigenvalue weighted by Crippen LogP contribution is -2.53. The third kappa shape index (κ3) is 7.65. The van der Waals surface area contributed by atoms with Crippen molar-refractivity contribution < 1.29 is 32.3 Å². The number of hydrogen-bond donors (Lipinski definition) is 3. The average molecular weight is 626 g/mol. The van der Waals surface area contributed by atoms with Crippen molar-refractivity contribution >= 4 is 33.4 Å². The molecule has 236 valence electrons. The average Bonchev–Trinajstić information content (AvgIpc) is 3.03. The summed E-state index contributed by atoms with van der Waals surface area (Å²) in [5, 5.41) is 8.65. The number of hydrogen-bond acceptors (Lipinski definition) is 8. The number of anilines is 1. The summed E-state index contributed by atoms with van der Waals surface area (Å²) >= 11 is 0. The largest absolute Gasteiger partial charge is 0.489 e. The molecule has 0 bridgehead atoms. The molecular weight excluding hydrogens is 586 g/mol. The summed E-state index contributed by atoms with van der Waals surface area (Å²) in [6.45, 7) is 3.11. The number of sulfonamides is 1. The Morgan fingerprint density at radius 2 is 1.77 bits per heavy atom. The van der Waals surface area contributed by atoms with E-state index in [4.69, 9.17) is 9.47 Å². The lowest BCUT2D eigenvalue weighted by atomic mass is 9.76. The van der Waals surface area contributed by atoms with Crippen molar-refractivity contribution in [2.24, 2.45) is 5.41 Å². The Bertz CT molecular complexity index is 1490. The molecule has 3 aliphatic rings. The van der Waals surface area contributed by atoms with Gasteiger partial charge < -0.3 is 25.4 Å². The van der Waals surface area contributed by atoms with Crippen LogP contribution in [0, 0.1) is 5.41 Å². The number of para-hydroxylation sites is 1. The summed E-state index contributed by atoms with van der Waals surface area (Å²) in [5.74, 6) is -0.204. The number of nitrogens with zero attached hydrogens (tertiary/aromatic N) is 2. The zero-order valence-corrected chi connectivity index (χ0v) is 25.4. The van der Waals surface area contributed by atoms with E-state index >= 15 is 0 Å². The minimum Gasteiger partial charge on any atom is -0.489 e. The summed E-state index contributed by atoms with van der Waals surface area (Å²) in [4.78, 5) is 41.4. The van der Waals surface area contributed by atoms with Crippen LogP contribution in [0.3, 0.4) is 0 Å². The predicted octanol–water partition coefficient (Wildman–Crippen LogP) is 1.61. The van der Waals surface area contributed by atoms with E-state index in [0.717, 1.165) is 6.42 Å². The maximum absolute atomic E-state index is 13.5. The third-order valence-electron chi connectivity index (χ3n) is 8.07. The minimum absolute atomic E-state index is 0.0507. The van der Waals surface area contributed by atoms with Crippen molar-refractivity contribution in [3.05, 3.63) is 66.2 Å². The van der Waals surface area contributed by atoms with Crippen molar-refractivity contribution in [2.45, 2.75) is 24.2 Å². The van der Waals surface area contributed by atoms with Gasteiger partial charge in [0.05, 0.1) is 35.6 Å². The van der Waals surface area contributed by atoms with Crippen LogP contribution in [0.2, 0.25) is 0 Å². The highest BCUT2D eigenvalue weighted by atomic mass is 32.2. The van der Waals surface area contributed by atoms with Gasteiger partial charge in [-0.3, -0.25) is 19.3 Å². The number of nitrogens with one attached hydrogen (secondary N) is 3. The molecule has 3 heterocycles. The van der Waals surface area contributed by atoms with E-state index < -0.39 is 15.4 Å². The number of allylic oxidation sites excluding steroid dienone is 1. The van der Waals surface area contributed by atoms with E-state index in [9.17, 15) is 22.8 Å². The van der Waals surface area contributed by atoms with Gasteiger partial charge in [-0.05, 0) is 56.1 Å². The Balaban J connectivity index is 1.23. The number of likely N-dealkylation sites (tertiary alicyclic amines) is 1. The molecule has 2 aromatic rings. The molecule has 5 rings (SSSR count). The summed E-state index contributed by atoms with van der Waals surface area (Å²) in [5.41, 5.74) is 0.0680. The zero-order chi connectivity index (χ0) is 31.0. The first-order valence-corrected chi connectivity index (χ1v) is 16.3. The highest BCUT2D eigenvalue weighted by molar-refractivity contribution is 7.89. The quantitative estimate of drug-likeness (QED) is 0.425. The Hall–Kier alpha value is -3.78. The van der Waals surface area contributed by atoms with Crippen LogP contribution in [0.1, 0.15) is 29.6 Å². The van der Waals surface area contributed by atoms with Crippen LogP contribution in [-0.2, 0) is 24.3 Å². The first-order valence-electron chi connectivity index (χ1n) is 14.9. The van der Waals surface area contributed by atoms with Crippen molar-refractivity contribution in [2.75, 3.05) is 71.0 Å². The van der Waals surface area contributed by atoms with Gasteiger partial charge in [0.1, 0.15) is 12.4 Å². The van der Waals surface area contributed by atoms with Crippen molar-refractivity contribution in [1.29, 1.82) is 0 Å². The molecule has 1 atom stereocenters. The number of benzene rings is 2. The van der Waals surface area contributed by atoms with Crippen molar-refractivity contribution in [1.82, 2.24) is 19.8 Å². The fourth-order valence-electron chi connectivity index (χ4n) is 5.81. The second-order valence-corrected chi connectivity index (χ2v) is 13.1. The first kappa shape index (κ1) is 31.6. The van der Waals surface area contributed by atoms with Gasteiger partial charge >= 0.3 is 0 Å². The van der Waals surface area contributed by atoms with Gasteiger partial charge in [-0.2, -0.15) is 4.31 Å². The standard InChI is InChI=1S/C31H39N5O7S/c37-28(34-24-7-5-8-25(21-24)44(40,41)36-16-19-42-20-17-36)22-35-15-6-12-31(23-35)11-3-4-18-43-27-10-2-1-9-26(27)29(38)32-13-14-33-30(31)39/h1-5,7-10,21H,6,11-20,22-23H2,(H,32,38)(H,33,39)(H,34,37)/b4-3-. The fraction of sp³-hybridized carbons (Fsp3) is 0.452. The van der Waals surface area contributed by atoms with E-state index in [2.05, 4.69) is 16.0 Å². The lowest BCUT2D eigenvalue weighted by Gasteiger charge is -2.41. The monoisotopic (exact) mass is 625 g/mol. The number of morpholine rings is 1. The van der Waals surface area contributed by atoms with Crippen LogP contribution in [0.15, 0.2) is 65.6 Å². The van der Waals surface area contributed by atoms with Crippen LogP contribution in [-0.4, -0.2) is 101 Å². The summed E-state index contributed by atoms with van der Waals surface area (Å²) in [6, 6.07) is 13.3. The molecule has 2 saturated heterocycles. The number of fused-ring (bicyclic) bond motifs is 1. The van der Waals surface area contributed by atoms with Gasteiger partial charge in [0, 0.05) is 38.4 Å². The van der Waals surface area contributed by atoms with Crippen LogP contribution in [0.25, 0.3) is 0 Å². The molecule has 1 unspecified atom stereocenters. The molecule has 12 nitrogen and oxygen atoms in total. The number of rotatable bonds is 5. The molecule has 3 aliphatic heterocycles. The Labute approximate surface area is 257 Å². The Morgan fingerprint density at radius 3 is 2.61 bits per heavy atom. The minimum atomic E-state index is -3.70. The summed E-state index contributed by atoms with van der Waals surface area (Å²) in [7, 11) is -3.70. The lowest BCUT2D eigenvalue weighted by molar-refractivity contribution is -0.135. The molecule has 2 aromatic carbocycles. The van der Waals surface area contributed by atoms with Gasteiger partial charge in [0.15, 0.2) is 0 Å². The highest BCUT2D eigenvalue weighted by Crippen LogP contribution is 2.34. The molecule has 0 saturated carbocycles. The number of carbonyl (C=O) groups is 3. The van der Waals surface area contributed by atoms with Crippen LogP contribution in [0.5, 0.6) is 5.75 Å². The molecule has 3 N–H and O–H groups in total. The number of amides is 3. The van der Waals surface area contributed by atoms with E-state index in [1.54, 1.807) is 30.3 Å². The molecule has 44 heavy (non-hydrogen) atoms. The smallest absolute Gasteiger partial charge is 0.255 e. The maximum Gasteiger partial charge on any atom is 0.255 e. The maximum atomic E-state index is 13.5. The second-order valence-electron chi connectivity index (χ2n) is 11.2. The molecule has 0 aromatic heterocycles. The number of piperidine rings is 1. The summed E-state index contributed by atoms with van der Waals surface area (Å²) < 4.78 is 38.6. The Kier molecular flexibility index (Phi) is 10.3. The number of ether oxygens (including phenoxy) is 2. The molecule has 1 spiro atoms. The van der Waals surface area contributed by atoms with Gasteiger partial charge in [0.2, 0.25) is 21.8 Å². The van der Waals surface area contributed by atoms with Gasteiger partial charge in [-0.1, -0.05) is 30.4 Å². The molecule has 3 amide bonds. The third-order valence-corrected chi connectivity index (χ3v) is 9.96. The predicted molar refractivity (Wildman–Crippen MR) is 164 cm³/mol. The van der Waals surface area contributed by atoms with Gasteiger partial charge in [0.25, 0.3) is 5.91 Å². The first-order chi connectivity index (χ1) is 21.3. The van der Waals surface area contributed by atoms with Crippen LogP contribution >= 0.6 is 0 Å². The zero-order valence-electron chi connectivity index (χ0n) is 24.6. The van der Waals surface area contributed by atoms with Gasteiger partial charge in [-0.15, -0.1) is 0 Å². The summed E-state index contributed by atoms with van der Waals surface area (Å²) in [6.07, 6.45) is 5.62. The highest BCUT2D eigenvalue weighted by Gasteiger charge is 2.41. The SMILES string of the molecule is O=C(CN1CCCC2(C/C=C\COc3ccccc3C(=O)NCCNC2=O)C1)Nc1cccc(S(=O)(=O)N2CCOCC2)c1. The molecule has 0 aliphatic carbocycles. The van der Waals surface area contributed by atoms with E-state index in [1.165, 1.54) is 16.4 Å². The second kappa shape index (κ2) is 14.3. The van der Waals surface area contributed by atoms with E-state index in [-0.39, 0.29) is 61.9 Å². The van der Waals surface area contributed by atoms with Gasteiger partial charge in [-0.25, -0.2) is 8.42 Å². The molecule has 13 heteroatoms. The molecule has 2 fully saturated rings. The Morgan fingerprint density at radius 1 is 0.977 bits per heavy atom. The fourth-order valence-corrected chi connectivity index (χ4v) is 7.26. The van der Waals surface area contributed by atoms with E-state index in [1.807, 2.05) is 23.1 Å². The van der Waals surface area contributed by atoms with E-state index in [0.29, 0.717) is 56.1 Å². The molecular formula is C31H39N5O7S. The topological polar surface area (TPSA) is 146 Å². The van der Waals surface area contributed by atoms with Crippen molar-refractivity contribution in [3.8, 4) is 5.75 Å². The molecule has 0 radical (unpaired) electrons. The van der Waals surface area contributed by atoms with Crippen LogP contribution in [0.4, 0.5) is 5.69 Å². The normalized spacial score (nSPS) is 23.4.